The molecule has 1 aromatic rings. The molecule has 0 aliphatic carbocycles. The second kappa shape index (κ2) is 4.93. The van der Waals surface area contributed by atoms with E-state index in [1.165, 1.54) is 0 Å². The Morgan fingerprint density at radius 1 is 1.12 bits per heavy atom. The van der Waals surface area contributed by atoms with E-state index in [9.17, 15) is 4.79 Å². The average Bonchev–Trinajstić information content (AvgIpc) is 2.26. The van der Waals surface area contributed by atoms with Gasteiger partial charge in [-0.05, 0) is 17.7 Å². The summed E-state index contributed by atoms with van der Waals surface area (Å²) in [6.07, 6.45) is 0.567. The number of aldehydes is 1. The normalized spacial score (nSPS) is 16.4. The van der Waals surface area contributed by atoms with E-state index in [1.807, 2.05) is 0 Å². The minimum absolute atomic E-state index is 0.445. The number of carbonyl (C=O) groups excluding carboxylic acids is 1. The summed E-state index contributed by atoms with van der Waals surface area (Å²) in [5.41, 5.74) is 30.1. The van der Waals surface area contributed by atoms with E-state index in [1.54, 1.807) is 18.2 Å². The molecule has 0 aliphatic rings. The summed E-state index contributed by atoms with van der Waals surface area (Å²) in [6, 6.07) is 2.86. The van der Waals surface area contributed by atoms with Crippen LogP contribution in [0.2, 0.25) is 0 Å². The molecule has 3 unspecified atom stereocenters. The fourth-order valence-electron chi connectivity index (χ4n) is 1.43. The van der Waals surface area contributed by atoms with E-state index in [0.29, 0.717) is 23.2 Å². The molecule has 1 aromatic carbocycles. The molecule has 6 heteroatoms. The first-order chi connectivity index (χ1) is 7.47. The first-order valence-electron chi connectivity index (χ1n) is 4.84. The highest BCUT2D eigenvalue weighted by Gasteiger charge is 2.23. The van der Waals surface area contributed by atoms with Crippen LogP contribution in [0.15, 0.2) is 18.2 Å². The van der Waals surface area contributed by atoms with Gasteiger partial charge in [0.25, 0.3) is 0 Å². The largest absolute Gasteiger partial charge is 0.399 e. The number of nitrogen functional groups attached to an aromatic ring is 2. The van der Waals surface area contributed by atoms with Gasteiger partial charge in [0.05, 0.1) is 6.04 Å². The van der Waals surface area contributed by atoms with E-state index in [-0.39, 0.29) is 0 Å². The van der Waals surface area contributed by atoms with E-state index in [0.717, 1.165) is 0 Å². The monoisotopic (exact) mass is 223 g/mol. The predicted octanol–water partition coefficient (Wildman–Crippen LogP) is -1.30. The third-order valence-electron chi connectivity index (χ3n) is 2.49. The molecule has 0 radical (unpaired) electrons. The maximum atomic E-state index is 10.5. The average molecular weight is 223 g/mol. The molecule has 1 rings (SSSR count). The van der Waals surface area contributed by atoms with Crippen LogP contribution < -0.4 is 28.7 Å². The second-order valence-electron chi connectivity index (χ2n) is 3.70. The van der Waals surface area contributed by atoms with Crippen molar-refractivity contribution in [3.8, 4) is 0 Å². The van der Waals surface area contributed by atoms with Gasteiger partial charge in [-0.2, -0.15) is 0 Å². The van der Waals surface area contributed by atoms with Crippen molar-refractivity contribution in [3.63, 3.8) is 0 Å². The lowest BCUT2D eigenvalue weighted by Crippen LogP contribution is -2.49. The summed E-state index contributed by atoms with van der Waals surface area (Å²) < 4.78 is 0. The Kier molecular flexibility index (Phi) is 3.83. The Balaban J connectivity index is 2.95. The fraction of sp³-hybridized carbons (Fsp3) is 0.300. The highest BCUT2D eigenvalue weighted by molar-refractivity contribution is 5.61. The van der Waals surface area contributed by atoms with Crippen LogP contribution in [0.3, 0.4) is 0 Å². The van der Waals surface area contributed by atoms with Crippen LogP contribution in [-0.2, 0) is 4.79 Å². The molecule has 10 N–H and O–H groups in total. The molecule has 3 atom stereocenters. The molecule has 0 heterocycles. The molecule has 0 saturated carbocycles. The lowest BCUT2D eigenvalue weighted by atomic mass is 9.95. The first-order valence-corrected chi connectivity index (χ1v) is 4.84. The molecular weight excluding hydrogens is 206 g/mol. The quantitative estimate of drug-likeness (QED) is 0.316. The molecule has 0 saturated heterocycles. The van der Waals surface area contributed by atoms with Crippen molar-refractivity contribution in [3.05, 3.63) is 23.8 Å². The van der Waals surface area contributed by atoms with Gasteiger partial charge in [0.2, 0.25) is 0 Å². The van der Waals surface area contributed by atoms with Gasteiger partial charge in [0.15, 0.2) is 0 Å². The number of hydrogen-bond acceptors (Lipinski definition) is 6. The molecule has 88 valence electrons. The van der Waals surface area contributed by atoms with Gasteiger partial charge >= 0.3 is 0 Å². The zero-order valence-corrected chi connectivity index (χ0v) is 8.84. The van der Waals surface area contributed by atoms with Gasteiger partial charge in [-0.25, -0.2) is 0 Å². The van der Waals surface area contributed by atoms with Crippen molar-refractivity contribution < 1.29 is 4.79 Å². The standard InChI is InChI=1S/C10H17N5O/c11-5-1-2-6(7(12)3-5)9(14)10(15)8(13)4-16/h1-4,8-10H,11-15H2. The summed E-state index contributed by atoms with van der Waals surface area (Å²) in [5.74, 6) is 0. The van der Waals surface area contributed by atoms with Crippen LogP contribution in [0.5, 0.6) is 0 Å². The van der Waals surface area contributed by atoms with E-state index < -0.39 is 18.1 Å². The Morgan fingerprint density at radius 3 is 2.25 bits per heavy atom. The number of benzene rings is 1. The van der Waals surface area contributed by atoms with Gasteiger partial charge < -0.3 is 33.5 Å². The van der Waals surface area contributed by atoms with Crippen molar-refractivity contribution in [2.24, 2.45) is 17.2 Å². The SMILES string of the molecule is Nc1ccc(C(N)C(N)C(N)C=O)c(N)c1. The topological polar surface area (TPSA) is 147 Å². The summed E-state index contributed by atoms with van der Waals surface area (Å²) in [7, 11) is 0. The van der Waals surface area contributed by atoms with Crippen molar-refractivity contribution in [1.82, 2.24) is 0 Å². The third-order valence-corrected chi connectivity index (χ3v) is 2.49. The van der Waals surface area contributed by atoms with E-state index >= 15 is 0 Å². The Hall–Kier alpha value is -1.63. The minimum Gasteiger partial charge on any atom is -0.399 e. The first kappa shape index (κ1) is 12.4. The maximum absolute atomic E-state index is 10.5. The zero-order valence-electron chi connectivity index (χ0n) is 8.84. The van der Waals surface area contributed by atoms with Gasteiger partial charge in [-0.3, -0.25) is 0 Å². The van der Waals surface area contributed by atoms with Crippen LogP contribution in [0, 0.1) is 0 Å². The van der Waals surface area contributed by atoms with E-state index in [4.69, 9.17) is 28.7 Å². The Labute approximate surface area is 93.8 Å². The lowest BCUT2D eigenvalue weighted by molar-refractivity contribution is -0.109. The third kappa shape index (κ3) is 2.48. The van der Waals surface area contributed by atoms with Gasteiger partial charge in [0.1, 0.15) is 6.29 Å². The molecule has 6 nitrogen and oxygen atoms in total. The summed E-state index contributed by atoms with van der Waals surface area (Å²) in [6.45, 7) is 0. The van der Waals surface area contributed by atoms with Gasteiger partial charge in [-0.1, -0.05) is 6.07 Å². The van der Waals surface area contributed by atoms with Crippen LogP contribution in [-0.4, -0.2) is 18.4 Å². The second-order valence-corrected chi connectivity index (χ2v) is 3.70. The number of anilines is 2. The molecule has 0 spiro atoms. The van der Waals surface area contributed by atoms with E-state index in [2.05, 4.69) is 0 Å². The van der Waals surface area contributed by atoms with Crippen molar-refractivity contribution in [2.45, 2.75) is 18.1 Å². The molecule has 16 heavy (non-hydrogen) atoms. The minimum atomic E-state index is -0.813. The van der Waals surface area contributed by atoms with Gasteiger partial charge in [0, 0.05) is 23.5 Å². The summed E-state index contributed by atoms with van der Waals surface area (Å²) in [5, 5.41) is 0. The Bertz CT molecular complexity index is 381. The molecule has 0 fully saturated rings. The maximum Gasteiger partial charge on any atom is 0.138 e. The van der Waals surface area contributed by atoms with Crippen molar-refractivity contribution >= 4 is 17.7 Å². The van der Waals surface area contributed by atoms with Crippen LogP contribution >= 0.6 is 0 Å². The summed E-state index contributed by atoms with van der Waals surface area (Å²) >= 11 is 0. The van der Waals surface area contributed by atoms with Crippen LogP contribution in [0.4, 0.5) is 11.4 Å². The van der Waals surface area contributed by atoms with Crippen LogP contribution in [0.25, 0.3) is 0 Å². The van der Waals surface area contributed by atoms with Crippen molar-refractivity contribution in [2.75, 3.05) is 11.5 Å². The molecule has 0 aromatic heterocycles. The molecule has 0 aliphatic heterocycles. The number of nitrogens with two attached hydrogens (primary N) is 5. The summed E-state index contributed by atoms with van der Waals surface area (Å²) in [4.78, 5) is 10.5. The van der Waals surface area contributed by atoms with Gasteiger partial charge in [-0.15, -0.1) is 0 Å². The number of rotatable bonds is 4. The van der Waals surface area contributed by atoms with Crippen molar-refractivity contribution in [1.29, 1.82) is 0 Å². The molecule has 0 bridgehead atoms. The smallest absolute Gasteiger partial charge is 0.138 e. The predicted molar refractivity (Wildman–Crippen MR) is 64.2 cm³/mol. The number of carbonyl (C=O) groups is 1. The Morgan fingerprint density at radius 2 is 1.75 bits per heavy atom. The zero-order chi connectivity index (χ0) is 12.3. The number of hydrogen-bond donors (Lipinski definition) is 5. The molecular formula is C10H17N5O. The highest BCUT2D eigenvalue weighted by atomic mass is 16.1. The lowest BCUT2D eigenvalue weighted by Gasteiger charge is -2.23. The highest BCUT2D eigenvalue weighted by Crippen LogP contribution is 2.23. The fourth-order valence-corrected chi connectivity index (χ4v) is 1.43. The molecule has 0 amide bonds. The van der Waals surface area contributed by atoms with Crippen LogP contribution in [0.1, 0.15) is 11.6 Å².